The highest BCUT2D eigenvalue weighted by molar-refractivity contribution is 7.87. The van der Waals surface area contributed by atoms with Crippen LogP contribution < -0.4 is 4.72 Å². The highest BCUT2D eigenvalue weighted by atomic mass is 32.2. The summed E-state index contributed by atoms with van der Waals surface area (Å²) in [5, 5.41) is 0. The number of benzene rings is 1. The van der Waals surface area contributed by atoms with E-state index in [0.29, 0.717) is 13.1 Å². The van der Waals surface area contributed by atoms with E-state index in [-0.39, 0.29) is 12.0 Å². The van der Waals surface area contributed by atoms with Crippen molar-refractivity contribution >= 4 is 10.2 Å². The first kappa shape index (κ1) is 14.5. The lowest BCUT2D eigenvalue weighted by molar-refractivity contribution is 0.419. The number of nitrogens with one attached hydrogen (secondary N) is 1. The minimum Gasteiger partial charge on any atom is -0.195 e. The summed E-state index contributed by atoms with van der Waals surface area (Å²) in [4.78, 5) is 0. The Bertz CT molecular complexity index is 493. The van der Waals surface area contributed by atoms with E-state index in [0.717, 1.165) is 18.4 Å². The molecule has 0 saturated carbocycles. The maximum Gasteiger partial charge on any atom is 0.280 e. The van der Waals surface area contributed by atoms with E-state index >= 15 is 0 Å². The van der Waals surface area contributed by atoms with Crippen molar-refractivity contribution in [2.24, 2.45) is 5.92 Å². The fraction of sp³-hybridized carbons (Fsp3) is 0.571. The van der Waals surface area contributed by atoms with Crippen LogP contribution in [0.15, 0.2) is 30.3 Å². The molecule has 1 aliphatic rings. The van der Waals surface area contributed by atoms with Crippen molar-refractivity contribution in [2.45, 2.75) is 32.7 Å². The van der Waals surface area contributed by atoms with Gasteiger partial charge in [0.2, 0.25) is 0 Å². The second-order valence-corrected chi connectivity index (χ2v) is 7.06. The van der Waals surface area contributed by atoms with Crippen molar-refractivity contribution in [2.75, 3.05) is 13.1 Å². The van der Waals surface area contributed by atoms with Crippen molar-refractivity contribution < 1.29 is 8.42 Å². The van der Waals surface area contributed by atoms with Crippen LogP contribution in [0.1, 0.15) is 38.3 Å². The van der Waals surface area contributed by atoms with Gasteiger partial charge in [-0.2, -0.15) is 17.4 Å². The highest BCUT2D eigenvalue weighted by Crippen LogP contribution is 2.24. The lowest BCUT2D eigenvalue weighted by Crippen LogP contribution is -2.42. The average molecular weight is 282 g/mol. The van der Waals surface area contributed by atoms with Crippen molar-refractivity contribution in [3.05, 3.63) is 35.9 Å². The van der Waals surface area contributed by atoms with Gasteiger partial charge >= 0.3 is 0 Å². The fourth-order valence-electron chi connectivity index (χ4n) is 2.41. The van der Waals surface area contributed by atoms with Crippen molar-refractivity contribution in [3.63, 3.8) is 0 Å². The average Bonchev–Trinajstić information content (AvgIpc) is 2.91. The molecule has 1 atom stereocenters. The van der Waals surface area contributed by atoms with Crippen LogP contribution >= 0.6 is 0 Å². The van der Waals surface area contributed by atoms with Crippen LogP contribution in [0.2, 0.25) is 0 Å². The number of hydrogen-bond acceptors (Lipinski definition) is 2. The fourth-order valence-corrected chi connectivity index (χ4v) is 4.03. The molecule has 1 fully saturated rings. The molecule has 1 heterocycles. The molecular formula is C14H22N2O2S. The van der Waals surface area contributed by atoms with Gasteiger partial charge in [-0.3, -0.25) is 0 Å². The molecule has 106 valence electrons. The van der Waals surface area contributed by atoms with Gasteiger partial charge in [0.05, 0.1) is 6.04 Å². The molecule has 1 aromatic rings. The lowest BCUT2D eigenvalue weighted by atomic mass is 9.97. The maximum absolute atomic E-state index is 12.3. The zero-order valence-corrected chi connectivity index (χ0v) is 12.4. The highest BCUT2D eigenvalue weighted by Gasteiger charge is 2.29. The van der Waals surface area contributed by atoms with Crippen LogP contribution in [0, 0.1) is 5.92 Å². The van der Waals surface area contributed by atoms with Gasteiger partial charge in [-0.05, 0) is 24.3 Å². The first-order valence-electron chi connectivity index (χ1n) is 6.83. The molecule has 1 saturated heterocycles. The van der Waals surface area contributed by atoms with Gasteiger partial charge in [0, 0.05) is 13.1 Å². The lowest BCUT2D eigenvalue weighted by Gasteiger charge is -2.25. The summed E-state index contributed by atoms with van der Waals surface area (Å²) in [5.41, 5.74) is 1.01. The van der Waals surface area contributed by atoms with Gasteiger partial charge < -0.3 is 0 Å². The summed E-state index contributed by atoms with van der Waals surface area (Å²) in [7, 11) is -3.37. The van der Waals surface area contributed by atoms with E-state index in [4.69, 9.17) is 0 Å². The molecule has 0 amide bonds. The number of nitrogens with zero attached hydrogens (tertiary/aromatic N) is 1. The second kappa shape index (κ2) is 6.03. The van der Waals surface area contributed by atoms with Gasteiger partial charge in [-0.15, -0.1) is 0 Å². The van der Waals surface area contributed by atoms with E-state index in [9.17, 15) is 8.42 Å². The second-order valence-electron chi connectivity index (χ2n) is 5.36. The predicted octanol–water partition coefficient (Wildman–Crippen LogP) is 2.31. The first-order chi connectivity index (χ1) is 9.00. The minimum absolute atomic E-state index is 0.174. The molecule has 1 N–H and O–H groups in total. The van der Waals surface area contributed by atoms with E-state index in [1.54, 1.807) is 4.31 Å². The van der Waals surface area contributed by atoms with Crippen LogP contribution in [0.4, 0.5) is 0 Å². The van der Waals surface area contributed by atoms with Crippen molar-refractivity contribution in [3.8, 4) is 0 Å². The SMILES string of the molecule is CC(C)C(NS(=O)(=O)N1CCCC1)c1ccccc1. The number of hydrogen-bond donors (Lipinski definition) is 1. The summed E-state index contributed by atoms with van der Waals surface area (Å²) in [6.45, 7) is 5.33. The smallest absolute Gasteiger partial charge is 0.195 e. The zero-order chi connectivity index (χ0) is 13.9. The Morgan fingerprint density at radius 2 is 1.68 bits per heavy atom. The molecule has 2 rings (SSSR count). The van der Waals surface area contributed by atoms with Crippen LogP contribution in [-0.4, -0.2) is 25.8 Å². The van der Waals surface area contributed by atoms with Gasteiger partial charge in [0.25, 0.3) is 10.2 Å². The molecule has 1 aromatic carbocycles. The van der Waals surface area contributed by atoms with Crippen LogP contribution in [0.3, 0.4) is 0 Å². The topological polar surface area (TPSA) is 49.4 Å². The van der Waals surface area contributed by atoms with Gasteiger partial charge in [0.1, 0.15) is 0 Å². The zero-order valence-electron chi connectivity index (χ0n) is 11.5. The third-order valence-electron chi connectivity index (χ3n) is 3.51. The molecule has 0 aliphatic carbocycles. The largest absolute Gasteiger partial charge is 0.280 e. The molecule has 1 unspecified atom stereocenters. The molecule has 0 aromatic heterocycles. The molecule has 0 bridgehead atoms. The van der Waals surface area contributed by atoms with E-state index in [2.05, 4.69) is 4.72 Å². The van der Waals surface area contributed by atoms with Crippen LogP contribution in [0.25, 0.3) is 0 Å². The Hall–Kier alpha value is -0.910. The first-order valence-corrected chi connectivity index (χ1v) is 8.27. The van der Waals surface area contributed by atoms with Gasteiger partial charge in [-0.1, -0.05) is 44.2 Å². The van der Waals surface area contributed by atoms with Crippen LogP contribution in [0.5, 0.6) is 0 Å². The minimum atomic E-state index is -3.37. The Balaban J connectivity index is 2.17. The van der Waals surface area contributed by atoms with Crippen molar-refractivity contribution in [1.29, 1.82) is 0 Å². The molecule has 5 heteroatoms. The Morgan fingerprint density at radius 1 is 1.11 bits per heavy atom. The summed E-state index contributed by atoms with van der Waals surface area (Å²) >= 11 is 0. The summed E-state index contributed by atoms with van der Waals surface area (Å²) in [5.74, 6) is 0.208. The summed E-state index contributed by atoms with van der Waals surface area (Å²) < 4.78 is 29.1. The van der Waals surface area contributed by atoms with E-state index in [1.807, 2.05) is 44.2 Å². The van der Waals surface area contributed by atoms with Gasteiger partial charge in [-0.25, -0.2) is 0 Å². The molecule has 4 nitrogen and oxygen atoms in total. The molecule has 1 aliphatic heterocycles. The monoisotopic (exact) mass is 282 g/mol. The van der Waals surface area contributed by atoms with Gasteiger partial charge in [0.15, 0.2) is 0 Å². The molecular weight excluding hydrogens is 260 g/mol. The quantitative estimate of drug-likeness (QED) is 0.901. The van der Waals surface area contributed by atoms with Crippen LogP contribution in [-0.2, 0) is 10.2 Å². The molecule has 0 radical (unpaired) electrons. The Kier molecular flexibility index (Phi) is 4.60. The number of rotatable bonds is 5. The Morgan fingerprint density at radius 3 is 2.21 bits per heavy atom. The molecule has 19 heavy (non-hydrogen) atoms. The standard InChI is InChI=1S/C14H22N2O2S/c1-12(2)14(13-8-4-3-5-9-13)15-19(17,18)16-10-6-7-11-16/h3-5,8-9,12,14-15H,6-7,10-11H2,1-2H3. The summed E-state index contributed by atoms with van der Waals surface area (Å²) in [6, 6.07) is 9.58. The van der Waals surface area contributed by atoms with E-state index in [1.165, 1.54) is 0 Å². The third kappa shape index (κ3) is 3.55. The Labute approximate surface area is 116 Å². The summed E-state index contributed by atoms with van der Waals surface area (Å²) in [6.07, 6.45) is 1.91. The normalized spacial score (nSPS) is 18.9. The maximum atomic E-state index is 12.3. The third-order valence-corrected chi connectivity index (χ3v) is 5.10. The predicted molar refractivity (Wildman–Crippen MR) is 76.9 cm³/mol. The van der Waals surface area contributed by atoms with Crippen molar-refractivity contribution in [1.82, 2.24) is 9.03 Å². The molecule has 0 spiro atoms. The van der Waals surface area contributed by atoms with E-state index < -0.39 is 10.2 Å².